The Labute approximate surface area is 175 Å². The molecule has 6 nitrogen and oxygen atoms in total. The van der Waals surface area contributed by atoms with Crippen LogP contribution in [0.2, 0.25) is 0 Å². The molecule has 2 heterocycles. The number of aryl methyl sites for hydroxylation is 2. The van der Waals surface area contributed by atoms with Gasteiger partial charge in [0.2, 0.25) is 5.13 Å². The van der Waals surface area contributed by atoms with Gasteiger partial charge in [-0.2, -0.15) is 5.10 Å². The van der Waals surface area contributed by atoms with E-state index in [9.17, 15) is 4.79 Å². The van der Waals surface area contributed by atoms with E-state index >= 15 is 0 Å². The first-order chi connectivity index (χ1) is 13.9. The molecule has 2 aromatic heterocycles. The number of benzene rings is 1. The van der Waals surface area contributed by atoms with Gasteiger partial charge in [0.05, 0.1) is 18.0 Å². The van der Waals surface area contributed by atoms with Crippen molar-refractivity contribution in [3.8, 4) is 10.9 Å². The zero-order valence-corrected chi connectivity index (χ0v) is 18.5. The van der Waals surface area contributed by atoms with E-state index in [0.29, 0.717) is 17.2 Å². The van der Waals surface area contributed by atoms with E-state index in [-0.39, 0.29) is 5.91 Å². The zero-order chi connectivity index (χ0) is 21.0. The molecule has 0 bridgehead atoms. The van der Waals surface area contributed by atoms with Crippen LogP contribution in [0.3, 0.4) is 0 Å². The lowest BCUT2D eigenvalue weighted by Crippen LogP contribution is -2.11. The maximum Gasteiger partial charge on any atom is 0.267 e. The van der Waals surface area contributed by atoms with Gasteiger partial charge in [0.1, 0.15) is 10.6 Å². The maximum atomic E-state index is 12.8. The summed E-state index contributed by atoms with van der Waals surface area (Å²) in [4.78, 5) is 18.0. The SMILES string of the molecule is CCCCc1c(C)nn(-c2nc(C)c(C(=O)Nc3ccc(OCC)cc3)s2)c1C. The Hall–Kier alpha value is -2.67. The maximum absolute atomic E-state index is 12.8. The monoisotopic (exact) mass is 412 g/mol. The molecule has 0 radical (unpaired) electrons. The van der Waals surface area contributed by atoms with Crippen molar-refractivity contribution in [2.24, 2.45) is 0 Å². The van der Waals surface area contributed by atoms with Gasteiger partial charge < -0.3 is 10.1 Å². The summed E-state index contributed by atoms with van der Waals surface area (Å²) in [6.45, 7) is 10.7. The Morgan fingerprint density at radius 1 is 1.14 bits per heavy atom. The van der Waals surface area contributed by atoms with Gasteiger partial charge in [0.25, 0.3) is 5.91 Å². The van der Waals surface area contributed by atoms with E-state index < -0.39 is 0 Å². The number of carbonyl (C=O) groups is 1. The first-order valence-corrected chi connectivity index (χ1v) is 10.8. The lowest BCUT2D eigenvalue weighted by molar-refractivity contribution is 0.103. The fraction of sp³-hybridized carbons (Fsp3) is 0.409. The van der Waals surface area contributed by atoms with E-state index in [0.717, 1.165) is 47.2 Å². The molecule has 0 saturated carbocycles. The molecule has 154 valence electrons. The van der Waals surface area contributed by atoms with Crippen LogP contribution >= 0.6 is 11.3 Å². The molecule has 0 aliphatic heterocycles. The number of aromatic nitrogens is 3. The number of amides is 1. The molecular weight excluding hydrogens is 384 g/mol. The molecule has 0 saturated heterocycles. The molecule has 1 N–H and O–H groups in total. The van der Waals surface area contributed by atoms with E-state index in [4.69, 9.17) is 4.74 Å². The quantitative estimate of drug-likeness (QED) is 0.549. The van der Waals surface area contributed by atoms with E-state index in [1.165, 1.54) is 16.9 Å². The fourth-order valence-electron chi connectivity index (χ4n) is 3.25. The highest BCUT2D eigenvalue weighted by atomic mass is 32.1. The molecule has 0 aliphatic rings. The van der Waals surface area contributed by atoms with Crippen molar-refractivity contribution < 1.29 is 9.53 Å². The van der Waals surface area contributed by atoms with Crippen molar-refractivity contribution in [3.63, 3.8) is 0 Å². The molecule has 0 aliphatic carbocycles. The van der Waals surface area contributed by atoms with Crippen LogP contribution < -0.4 is 10.1 Å². The molecule has 3 aromatic rings. The third kappa shape index (κ3) is 4.67. The summed E-state index contributed by atoms with van der Waals surface area (Å²) in [6, 6.07) is 7.36. The number of unbranched alkanes of at least 4 members (excludes halogenated alkanes) is 1. The second-order valence-corrected chi connectivity index (χ2v) is 7.96. The number of carbonyl (C=O) groups excluding carboxylic acids is 1. The van der Waals surface area contributed by atoms with Crippen molar-refractivity contribution in [2.45, 2.75) is 53.9 Å². The molecule has 0 spiro atoms. The molecule has 7 heteroatoms. The Balaban J connectivity index is 1.80. The number of anilines is 1. The largest absolute Gasteiger partial charge is 0.494 e. The number of rotatable bonds is 8. The second kappa shape index (κ2) is 9.22. The highest BCUT2D eigenvalue weighted by Gasteiger charge is 2.20. The summed E-state index contributed by atoms with van der Waals surface area (Å²) in [6.07, 6.45) is 3.31. The highest BCUT2D eigenvalue weighted by Crippen LogP contribution is 2.26. The topological polar surface area (TPSA) is 69.0 Å². The summed E-state index contributed by atoms with van der Waals surface area (Å²) in [5.74, 6) is 0.619. The van der Waals surface area contributed by atoms with Crippen LogP contribution in [0.1, 0.15) is 59.0 Å². The van der Waals surface area contributed by atoms with Crippen LogP contribution in [0, 0.1) is 20.8 Å². The molecule has 0 fully saturated rings. The van der Waals surface area contributed by atoms with E-state index in [1.54, 1.807) is 0 Å². The van der Waals surface area contributed by atoms with Crippen molar-refractivity contribution in [2.75, 3.05) is 11.9 Å². The normalized spacial score (nSPS) is 10.9. The number of ether oxygens (including phenoxy) is 1. The van der Waals surface area contributed by atoms with Crippen molar-refractivity contribution in [1.29, 1.82) is 0 Å². The van der Waals surface area contributed by atoms with Gasteiger partial charge in [0, 0.05) is 11.4 Å². The number of hydrogen-bond donors (Lipinski definition) is 1. The average Bonchev–Trinajstić information content (AvgIpc) is 3.21. The highest BCUT2D eigenvalue weighted by molar-refractivity contribution is 7.16. The third-order valence-electron chi connectivity index (χ3n) is 4.82. The Morgan fingerprint density at radius 2 is 1.86 bits per heavy atom. The lowest BCUT2D eigenvalue weighted by Gasteiger charge is -2.06. The number of thiazole rings is 1. The van der Waals surface area contributed by atoms with Gasteiger partial charge in [-0.1, -0.05) is 24.7 Å². The molecular formula is C22H28N4O2S. The Morgan fingerprint density at radius 3 is 2.52 bits per heavy atom. The number of nitrogens with one attached hydrogen (secondary N) is 1. The first kappa shape index (κ1) is 21.0. The summed E-state index contributed by atoms with van der Waals surface area (Å²) in [5.41, 5.74) is 4.84. The van der Waals surface area contributed by atoms with Gasteiger partial charge in [-0.05, 0) is 70.4 Å². The van der Waals surface area contributed by atoms with Crippen LogP contribution in [0.4, 0.5) is 5.69 Å². The van der Waals surface area contributed by atoms with Crippen molar-refractivity contribution >= 4 is 22.9 Å². The van der Waals surface area contributed by atoms with Crippen LogP contribution in [0.15, 0.2) is 24.3 Å². The van der Waals surface area contributed by atoms with Crippen LogP contribution in [0.5, 0.6) is 5.75 Å². The average molecular weight is 413 g/mol. The standard InChI is InChI=1S/C22H28N4O2S/c1-6-8-9-19-14(3)25-26(16(19)5)22-23-15(4)20(29-22)21(27)24-17-10-12-18(13-11-17)28-7-2/h10-13H,6-9H2,1-5H3,(H,24,27). The zero-order valence-electron chi connectivity index (χ0n) is 17.7. The lowest BCUT2D eigenvalue weighted by atomic mass is 10.1. The van der Waals surface area contributed by atoms with Gasteiger partial charge in [-0.25, -0.2) is 9.67 Å². The Kier molecular flexibility index (Phi) is 6.69. The molecule has 3 rings (SSSR count). The molecule has 0 atom stereocenters. The third-order valence-corrected chi connectivity index (χ3v) is 5.95. The second-order valence-electron chi connectivity index (χ2n) is 6.99. The van der Waals surface area contributed by atoms with Gasteiger partial charge in [-0.3, -0.25) is 4.79 Å². The van der Waals surface area contributed by atoms with Gasteiger partial charge in [0.15, 0.2) is 0 Å². The number of nitrogens with zero attached hydrogens (tertiary/aromatic N) is 3. The molecule has 29 heavy (non-hydrogen) atoms. The van der Waals surface area contributed by atoms with E-state index in [2.05, 4.69) is 29.2 Å². The minimum absolute atomic E-state index is 0.164. The minimum Gasteiger partial charge on any atom is -0.494 e. The fourth-order valence-corrected chi connectivity index (χ4v) is 4.22. The molecule has 1 aromatic carbocycles. The Bertz CT molecular complexity index is 989. The number of hydrogen-bond acceptors (Lipinski definition) is 5. The minimum atomic E-state index is -0.164. The van der Waals surface area contributed by atoms with Gasteiger partial charge >= 0.3 is 0 Å². The first-order valence-electron chi connectivity index (χ1n) is 10.0. The van der Waals surface area contributed by atoms with Crippen molar-refractivity contribution in [3.05, 3.63) is 51.8 Å². The molecule has 1 amide bonds. The predicted molar refractivity (Wildman–Crippen MR) is 118 cm³/mol. The summed E-state index contributed by atoms with van der Waals surface area (Å²) in [5, 5.41) is 8.34. The predicted octanol–water partition coefficient (Wildman–Crippen LogP) is 5.25. The van der Waals surface area contributed by atoms with E-state index in [1.807, 2.05) is 49.7 Å². The van der Waals surface area contributed by atoms with Crippen LogP contribution in [0.25, 0.3) is 5.13 Å². The smallest absolute Gasteiger partial charge is 0.267 e. The van der Waals surface area contributed by atoms with Gasteiger partial charge in [-0.15, -0.1) is 0 Å². The molecule has 0 unspecified atom stereocenters. The summed E-state index contributed by atoms with van der Waals surface area (Å²) < 4.78 is 7.31. The van der Waals surface area contributed by atoms with Crippen molar-refractivity contribution in [1.82, 2.24) is 14.8 Å². The van der Waals surface area contributed by atoms with Crippen LogP contribution in [-0.4, -0.2) is 27.3 Å². The summed E-state index contributed by atoms with van der Waals surface area (Å²) in [7, 11) is 0. The van der Waals surface area contributed by atoms with Crippen LogP contribution in [-0.2, 0) is 6.42 Å². The summed E-state index contributed by atoms with van der Waals surface area (Å²) >= 11 is 1.36.